The Morgan fingerprint density at radius 3 is 1.91 bits per heavy atom. The van der Waals surface area contributed by atoms with Crippen molar-refractivity contribution in [3.63, 3.8) is 0 Å². The summed E-state index contributed by atoms with van der Waals surface area (Å²) in [6, 6.07) is 3.16. The predicted octanol–water partition coefficient (Wildman–Crippen LogP) is 5.24. The number of hydrogen-bond acceptors (Lipinski definition) is 4. The van der Waals surface area contributed by atoms with Gasteiger partial charge in [0, 0.05) is 0 Å². The summed E-state index contributed by atoms with van der Waals surface area (Å²) < 4.78 is 173. The second-order valence-corrected chi connectivity index (χ2v) is 6.43. The number of fused-ring (bicyclic) bond motifs is 1. The van der Waals surface area contributed by atoms with Crippen LogP contribution in [0.3, 0.4) is 0 Å². The van der Waals surface area contributed by atoms with Gasteiger partial charge in [-0.2, -0.15) is 57.1 Å². The second kappa shape index (κ2) is 7.89. The first kappa shape index (κ1) is 26.4. The highest BCUT2D eigenvalue weighted by Crippen LogP contribution is 2.60. The van der Waals surface area contributed by atoms with E-state index in [1.165, 1.54) is 6.07 Å². The van der Waals surface area contributed by atoms with Crippen LogP contribution >= 0.6 is 0 Å². The van der Waals surface area contributed by atoms with Gasteiger partial charge in [0.1, 0.15) is 5.52 Å². The Labute approximate surface area is 172 Å². The number of nitrogens with zero attached hydrogens (tertiary/aromatic N) is 2. The monoisotopic (exact) mass is 509 g/mol. The van der Waals surface area contributed by atoms with E-state index in [2.05, 4.69) is 20.1 Å². The van der Waals surface area contributed by atoms with Crippen LogP contribution in [-0.4, -0.2) is 63.8 Å². The molecule has 0 atom stereocenters. The molecule has 2 rings (SSSR count). The van der Waals surface area contributed by atoms with Crippen LogP contribution in [0.1, 0.15) is 16.8 Å². The molecule has 0 saturated carbocycles. The van der Waals surface area contributed by atoms with E-state index in [4.69, 9.17) is 0 Å². The maximum atomic E-state index is 13.6. The number of rotatable bonds is 8. The SMILES string of the molecule is O=C(OCCC(F)(F)C(F)(F)C(F)(F)C(F)(F)C(F)(F)C(F)(F)F)c1ccc2nn[nH]c2c1. The van der Waals surface area contributed by atoms with E-state index in [0.29, 0.717) is 0 Å². The summed E-state index contributed by atoms with van der Waals surface area (Å²) in [6.45, 7) is -1.84. The Kier molecular flexibility index (Phi) is 6.32. The molecule has 5 nitrogen and oxygen atoms in total. The van der Waals surface area contributed by atoms with Crippen molar-refractivity contribution in [2.24, 2.45) is 0 Å². The molecule has 0 saturated heterocycles. The first-order chi connectivity index (χ1) is 14.7. The van der Waals surface area contributed by atoms with Gasteiger partial charge in [-0.1, -0.05) is 5.21 Å². The smallest absolute Gasteiger partial charge is 0.460 e. The van der Waals surface area contributed by atoms with Crippen LogP contribution in [-0.2, 0) is 4.74 Å². The molecule has 18 heteroatoms. The number of benzene rings is 1. The highest BCUT2D eigenvalue weighted by molar-refractivity contribution is 5.93. The van der Waals surface area contributed by atoms with Crippen molar-refractivity contribution in [2.75, 3.05) is 6.61 Å². The fourth-order valence-corrected chi connectivity index (χ4v) is 2.29. The molecule has 1 N–H and O–H groups in total. The van der Waals surface area contributed by atoms with Crippen LogP contribution in [0.25, 0.3) is 11.0 Å². The van der Waals surface area contributed by atoms with Gasteiger partial charge >= 0.3 is 41.8 Å². The third-order valence-corrected chi connectivity index (χ3v) is 4.21. The summed E-state index contributed by atoms with van der Waals surface area (Å²) in [4.78, 5) is 11.7. The van der Waals surface area contributed by atoms with E-state index >= 15 is 0 Å². The van der Waals surface area contributed by atoms with Gasteiger partial charge in [-0.3, -0.25) is 5.10 Å². The molecule has 0 radical (unpaired) electrons. The van der Waals surface area contributed by atoms with E-state index in [1.807, 2.05) is 0 Å². The largest absolute Gasteiger partial charge is 0.462 e. The van der Waals surface area contributed by atoms with Gasteiger partial charge in [0.2, 0.25) is 0 Å². The molecule has 0 fully saturated rings. The molecule has 1 aromatic carbocycles. The summed E-state index contributed by atoms with van der Waals surface area (Å²) in [7, 11) is 0. The molecule has 0 aliphatic carbocycles. The van der Waals surface area contributed by atoms with Gasteiger partial charge in [-0.15, -0.1) is 5.10 Å². The summed E-state index contributed by atoms with van der Waals surface area (Å²) in [5.74, 6) is -38.9. The first-order valence-corrected chi connectivity index (χ1v) is 8.14. The Balaban J connectivity index is 2.18. The molecule has 2 aromatic rings. The number of aromatic nitrogens is 3. The van der Waals surface area contributed by atoms with Crippen LogP contribution < -0.4 is 0 Å². The molecular formula is C15H8F13N3O2. The fraction of sp³-hybridized carbons (Fsp3) is 0.533. The number of carbonyl (C=O) groups is 1. The molecule has 186 valence electrons. The second-order valence-electron chi connectivity index (χ2n) is 6.43. The lowest BCUT2D eigenvalue weighted by molar-refractivity contribution is -0.440. The van der Waals surface area contributed by atoms with Gasteiger partial charge in [-0.05, 0) is 18.2 Å². The number of carbonyl (C=O) groups excluding carboxylic acids is 1. The van der Waals surface area contributed by atoms with E-state index in [1.54, 1.807) is 0 Å². The van der Waals surface area contributed by atoms with E-state index in [9.17, 15) is 61.9 Å². The van der Waals surface area contributed by atoms with Crippen molar-refractivity contribution in [1.29, 1.82) is 0 Å². The average molecular weight is 509 g/mol. The summed E-state index contributed by atoms with van der Waals surface area (Å²) in [6.07, 6.45) is -10.1. The zero-order valence-electron chi connectivity index (χ0n) is 15.3. The molecule has 1 aromatic heterocycles. The van der Waals surface area contributed by atoms with Crippen LogP contribution in [0.2, 0.25) is 0 Å². The lowest BCUT2D eigenvalue weighted by Gasteiger charge is -2.39. The van der Waals surface area contributed by atoms with Crippen molar-refractivity contribution < 1.29 is 66.6 Å². The van der Waals surface area contributed by atoms with Crippen LogP contribution in [0.15, 0.2) is 18.2 Å². The zero-order chi connectivity index (χ0) is 25.7. The minimum atomic E-state index is -7.98. The molecule has 1 heterocycles. The van der Waals surface area contributed by atoms with Crippen molar-refractivity contribution in [2.45, 2.75) is 42.2 Å². The lowest BCUT2D eigenvalue weighted by Crippen LogP contribution is -2.70. The minimum absolute atomic E-state index is 0.119. The van der Waals surface area contributed by atoms with Gasteiger partial charge in [-0.25, -0.2) is 4.79 Å². The molecular weight excluding hydrogens is 501 g/mol. The fourth-order valence-electron chi connectivity index (χ4n) is 2.29. The first-order valence-electron chi connectivity index (χ1n) is 8.14. The van der Waals surface area contributed by atoms with Crippen LogP contribution in [0, 0.1) is 0 Å². The number of hydrogen-bond donors (Lipinski definition) is 1. The average Bonchev–Trinajstić information content (AvgIpc) is 3.14. The maximum absolute atomic E-state index is 13.6. The standard InChI is InChI=1S/C15H8F13N3O2/c16-10(17,3-4-33-9(32)6-1-2-7-8(5-6)30-31-29-7)11(18,19)12(20,21)13(22,23)14(24,25)15(26,27)28/h1-2,5H,3-4H2,(H,29,30,31). The normalized spacial score (nSPS) is 14.6. The Bertz CT molecular complexity index is 1020. The quantitative estimate of drug-likeness (QED) is 0.391. The molecule has 33 heavy (non-hydrogen) atoms. The molecule has 0 aliphatic rings. The van der Waals surface area contributed by atoms with E-state index in [0.717, 1.165) is 12.1 Å². The highest BCUT2D eigenvalue weighted by atomic mass is 19.4. The number of aromatic amines is 1. The number of ether oxygens (including phenoxy) is 1. The maximum Gasteiger partial charge on any atom is 0.460 e. The molecule has 0 bridgehead atoms. The van der Waals surface area contributed by atoms with Gasteiger partial charge in [0.05, 0.1) is 24.1 Å². The number of halogens is 13. The lowest BCUT2D eigenvalue weighted by atomic mass is 9.93. The Morgan fingerprint density at radius 2 is 1.36 bits per heavy atom. The molecule has 0 unspecified atom stereocenters. The van der Waals surface area contributed by atoms with Crippen LogP contribution in [0.4, 0.5) is 57.1 Å². The van der Waals surface area contributed by atoms with E-state index < -0.39 is 60.3 Å². The van der Waals surface area contributed by atoms with Gasteiger partial charge in [0.15, 0.2) is 0 Å². The van der Waals surface area contributed by atoms with Gasteiger partial charge in [0.25, 0.3) is 0 Å². The summed E-state index contributed by atoms with van der Waals surface area (Å²) >= 11 is 0. The third kappa shape index (κ3) is 4.14. The van der Waals surface area contributed by atoms with Crippen molar-refractivity contribution in [1.82, 2.24) is 15.4 Å². The number of alkyl halides is 13. The predicted molar refractivity (Wildman–Crippen MR) is 79.6 cm³/mol. The van der Waals surface area contributed by atoms with Gasteiger partial charge < -0.3 is 4.74 Å². The Morgan fingerprint density at radius 1 is 0.818 bits per heavy atom. The molecule has 0 aliphatic heterocycles. The Hall–Kier alpha value is -2.82. The van der Waals surface area contributed by atoms with E-state index in [-0.39, 0.29) is 11.0 Å². The molecule has 0 amide bonds. The number of H-pyrrole nitrogens is 1. The third-order valence-electron chi connectivity index (χ3n) is 4.21. The zero-order valence-corrected chi connectivity index (χ0v) is 15.3. The van der Waals surface area contributed by atoms with Crippen molar-refractivity contribution in [3.05, 3.63) is 23.8 Å². The molecule has 0 spiro atoms. The number of nitrogens with one attached hydrogen (secondary N) is 1. The summed E-state index contributed by atoms with van der Waals surface area (Å²) in [5.41, 5.74) is -0.0735. The van der Waals surface area contributed by atoms with Crippen LogP contribution in [0.5, 0.6) is 0 Å². The van der Waals surface area contributed by atoms with Crippen molar-refractivity contribution in [3.8, 4) is 0 Å². The topological polar surface area (TPSA) is 67.9 Å². The number of esters is 1. The highest BCUT2D eigenvalue weighted by Gasteiger charge is 2.90. The minimum Gasteiger partial charge on any atom is -0.462 e. The summed E-state index contributed by atoms with van der Waals surface area (Å²) in [5, 5.41) is 9.14. The van der Waals surface area contributed by atoms with Crippen molar-refractivity contribution >= 4 is 17.0 Å².